The number of halogens is 1. The highest BCUT2D eigenvalue weighted by Crippen LogP contribution is 1.83. The molecule has 0 bridgehead atoms. The van der Waals surface area contributed by atoms with E-state index >= 15 is 0 Å². The monoisotopic (exact) mass is 271 g/mol. The first-order chi connectivity index (χ1) is 4.63. The molecule has 0 fully saturated rings. The Labute approximate surface area is 86.1 Å². The van der Waals surface area contributed by atoms with E-state index in [0.717, 1.165) is 19.5 Å². The van der Waals surface area contributed by atoms with Crippen molar-refractivity contribution in [1.29, 1.82) is 0 Å². The highest BCUT2D eigenvalue weighted by atomic mass is 127. The van der Waals surface area contributed by atoms with Crippen LogP contribution in [0.3, 0.4) is 0 Å². The number of nitrogens with two attached hydrogens (primary N) is 1. The lowest BCUT2D eigenvalue weighted by Crippen LogP contribution is -2.14. The van der Waals surface area contributed by atoms with Crippen LogP contribution in [0, 0.1) is 0 Å². The van der Waals surface area contributed by atoms with Gasteiger partial charge in [0.05, 0.1) is 5.84 Å². The molecule has 0 spiro atoms. The second-order valence-corrected chi connectivity index (χ2v) is 2.68. The Morgan fingerprint density at radius 2 is 2.00 bits per heavy atom. The predicted molar refractivity (Wildman–Crippen MR) is 60.7 cm³/mol. The Bertz CT molecular complexity index is 108. The summed E-state index contributed by atoms with van der Waals surface area (Å²) in [5.74, 6) is 0.679. The van der Waals surface area contributed by atoms with Crippen LogP contribution in [0.15, 0.2) is 4.99 Å². The number of hydrogen-bond donors (Lipinski definition) is 1. The molecule has 0 saturated carbocycles. The fraction of sp³-hybridized carbons (Fsp3) is 0.857. The van der Waals surface area contributed by atoms with Gasteiger partial charge >= 0.3 is 0 Å². The first kappa shape index (κ1) is 13.7. The average Bonchev–Trinajstić information content (AvgIpc) is 1.79. The zero-order chi connectivity index (χ0) is 7.98. The third kappa shape index (κ3) is 13.2. The van der Waals surface area contributed by atoms with E-state index in [4.69, 9.17) is 5.73 Å². The van der Waals surface area contributed by atoms with Gasteiger partial charge < -0.3 is 10.6 Å². The topological polar surface area (TPSA) is 41.6 Å². The van der Waals surface area contributed by atoms with Crippen molar-refractivity contribution in [3.8, 4) is 0 Å². The van der Waals surface area contributed by atoms with Gasteiger partial charge in [-0.3, -0.25) is 4.99 Å². The molecule has 3 nitrogen and oxygen atoms in total. The van der Waals surface area contributed by atoms with Gasteiger partial charge in [-0.15, -0.1) is 24.0 Å². The summed E-state index contributed by atoms with van der Waals surface area (Å²) in [4.78, 5) is 6.20. The van der Waals surface area contributed by atoms with Gasteiger partial charge in [0.25, 0.3) is 0 Å². The maximum atomic E-state index is 5.35. The van der Waals surface area contributed by atoms with Crippen molar-refractivity contribution in [2.75, 3.05) is 27.2 Å². The van der Waals surface area contributed by atoms with E-state index in [9.17, 15) is 0 Å². The molecule has 0 aliphatic carbocycles. The molecule has 0 amide bonds. The largest absolute Gasteiger partial charge is 0.388 e. The van der Waals surface area contributed by atoms with Crippen molar-refractivity contribution in [1.82, 2.24) is 4.90 Å². The lowest BCUT2D eigenvalue weighted by atomic mass is 10.4. The molecule has 0 aromatic heterocycles. The van der Waals surface area contributed by atoms with Crippen LogP contribution < -0.4 is 5.73 Å². The van der Waals surface area contributed by atoms with Crippen molar-refractivity contribution in [2.24, 2.45) is 10.7 Å². The van der Waals surface area contributed by atoms with Gasteiger partial charge in [-0.1, -0.05) is 0 Å². The van der Waals surface area contributed by atoms with Crippen LogP contribution in [0.4, 0.5) is 0 Å². The minimum absolute atomic E-state index is 0. The molecular weight excluding hydrogens is 253 g/mol. The number of aliphatic imine (C=N–C) groups is 1. The predicted octanol–water partition coefficient (Wildman–Crippen LogP) is 0.933. The van der Waals surface area contributed by atoms with Gasteiger partial charge in [-0.25, -0.2) is 0 Å². The zero-order valence-electron chi connectivity index (χ0n) is 7.50. The van der Waals surface area contributed by atoms with Crippen molar-refractivity contribution < 1.29 is 0 Å². The highest BCUT2D eigenvalue weighted by molar-refractivity contribution is 14.0. The molecule has 0 aliphatic heterocycles. The van der Waals surface area contributed by atoms with Gasteiger partial charge in [0.2, 0.25) is 0 Å². The standard InChI is InChI=1S/C7H17N3.HI/c1-7(8)9-5-4-6-10(2)3;/h4-6H2,1-3H3,(H2,8,9);1H. The SMILES string of the molecule is CC(N)=NCCCN(C)C.I. The van der Waals surface area contributed by atoms with Gasteiger partial charge in [0.1, 0.15) is 0 Å². The maximum absolute atomic E-state index is 5.35. The van der Waals surface area contributed by atoms with Crippen LogP contribution in [0.2, 0.25) is 0 Å². The molecule has 0 aliphatic rings. The fourth-order valence-electron chi connectivity index (χ4n) is 0.642. The van der Waals surface area contributed by atoms with E-state index in [1.165, 1.54) is 0 Å². The number of amidine groups is 1. The Kier molecular flexibility index (Phi) is 10.3. The minimum Gasteiger partial charge on any atom is -0.388 e. The lowest BCUT2D eigenvalue weighted by Gasteiger charge is -2.06. The first-order valence-electron chi connectivity index (χ1n) is 3.54. The molecule has 0 aromatic carbocycles. The number of nitrogens with zero attached hydrogens (tertiary/aromatic N) is 2. The Morgan fingerprint density at radius 3 is 2.36 bits per heavy atom. The molecule has 0 rings (SSSR count). The van der Waals surface area contributed by atoms with Crippen molar-refractivity contribution >= 4 is 29.8 Å². The van der Waals surface area contributed by atoms with Crippen molar-refractivity contribution in [3.63, 3.8) is 0 Å². The maximum Gasteiger partial charge on any atom is 0.0905 e. The second-order valence-electron chi connectivity index (χ2n) is 2.68. The first-order valence-corrected chi connectivity index (χ1v) is 3.54. The van der Waals surface area contributed by atoms with Gasteiger partial charge in [0.15, 0.2) is 0 Å². The Balaban J connectivity index is 0. The van der Waals surface area contributed by atoms with E-state index in [2.05, 4.69) is 24.0 Å². The quantitative estimate of drug-likeness (QED) is 0.358. The number of rotatable bonds is 4. The van der Waals surface area contributed by atoms with Crippen LogP contribution in [-0.2, 0) is 0 Å². The molecule has 0 unspecified atom stereocenters. The third-order valence-electron chi connectivity index (χ3n) is 1.12. The van der Waals surface area contributed by atoms with E-state index in [0.29, 0.717) is 5.84 Å². The summed E-state index contributed by atoms with van der Waals surface area (Å²) in [5.41, 5.74) is 5.35. The highest BCUT2D eigenvalue weighted by Gasteiger charge is 1.87. The average molecular weight is 271 g/mol. The van der Waals surface area contributed by atoms with Gasteiger partial charge in [0, 0.05) is 6.54 Å². The molecule has 4 heteroatoms. The molecule has 11 heavy (non-hydrogen) atoms. The summed E-state index contributed by atoms with van der Waals surface area (Å²) in [6, 6.07) is 0. The summed E-state index contributed by atoms with van der Waals surface area (Å²) < 4.78 is 0. The summed E-state index contributed by atoms with van der Waals surface area (Å²) in [6.07, 6.45) is 1.08. The lowest BCUT2D eigenvalue weighted by molar-refractivity contribution is 0.403. The number of hydrogen-bond acceptors (Lipinski definition) is 2. The molecule has 0 saturated heterocycles. The molecular formula is C7H18IN3. The third-order valence-corrected chi connectivity index (χ3v) is 1.12. The second kappa shape index (κ2) is 8.26. The van der Waals surface area contributed by atoms with Crippen LogP contribution >= 0.6 is 24.0 Å². The molecule has 68 valence electrons. The summed E-state index contributed by atoms with van der Waals surface area (Å²) in [5, 5.41) is 0. The van der Waals surface area contributed by atoms with Gasteiger partial charge in [-0.2, -0.15) is 0 Å². The van der Waals surface area contributed by atoms with E-state index in [1.54, 1.807) is 0 Å². The van der Waals surface area contributed by atoms with Crippen molar-refractivity contribution in [3.05, 3.63) is 0 Å². The molecule has 0 atom stereocenters. The Hall–Kier alpha value is 0.160. The molecule has 0 aromatic rings. The van der Waals surface area contributed by atoms with Crippen LogP contribution in [0.1, 0.15) is 13.3 Å². The molecule has 0 radical (unpaired) electrons. The van der Waals surface area contributed by atoms with E-state index in [1.807, 2.05) is 6.92 Å². The van der Waals surface area contributed by atoms with Crippen LogP contribution in [-0.4, -0.2) is 37.9 Å². The van der Waals surface area contributed by atoms with Crippen molar-refractivity contribution in [2.45, 2.75) is 13.3 Å². The summed E-state index contributed by atoms with van der Waals surface area (Å²) in [7, 11) is 4.11. The van der Waals surface area contributed by atoms with E-state index < -0.39 is 0 Å². The minimum atomic E-state index is 0. The smallest absolute Gasteiger partial charge is 0.0905 e. The normalized spacial score (nSPS) is 11.5. The molecule has 2 N–H and O–H groups in total. The Morgan fingerprint density at radius 1 is 1.45 bits per heavy atom. The zero-order valence-corrected chi connectivity index (χ0v) is 9.83. The molecule has 0 heterocycles. The van der Waals surface area contributed by atoms with E-state index in [-0.39, 0.29) is 24.0 Å². The van der Waals surface area contributed by atoms with Gasteiger partial charge in [-0.05, 0) is 34.0 Å². The fourth-order valence-corrected chi connectivity index (χ4v) is 0.642. The summed E-state index contributed by atoms with van der Waals surface area (Å²) in [6.45, 7) is 3.74. The summed E-state index contributed by atoms with van der Waals surface area (Å²) >= 11 is 0. The van der Waals surface area contributed by atoms with Crippen LogP contribution in [0.5, 0.6) is 0 Å². The van der Waals surface area contributed by atoms with Crippen LogP contribution in [0.25, 0.3) is 0 Å².